The van der Waals surface area contributed by atoms with Crippen LogP contribution in [0.25, 0.3) is 0 Å². The summed E-state index contributed by atoms with van der Waals surface area (Å²) in [6, 6.07) is 5.64. The molecular weight excluding hydrogens is 358 g/mol. The summed E-state index contributed by atoms with van der Waals surface area (Å²) in [5.74, 6) is 1.09. The zero-order chi connectivity index (χ0) is 19.9. The van der Waals surface area contributed by atoms with Gasteiger partial charge in [0.1, 0.15) is 11.5 Å². The first-order chi connectivity index (χ1) is 13.6. The maximum atomic E-state index is 12.7. The molecular formula is C21H31N3O4. The number of piperidine rings is 1. The van der Waals surface area contributed by atoms with Crippen LogP contribution in [0.1, 0.15) is 44.9 Å². The van der Waals surface area contributed by atoms with Crippen molar-refractivity contribution in [3.8, 4) is 11.5 Å². The van der Waals surface area contributed by atoms with Gasteiger partial charge in [-0.05, 0) is 37.8 Å². The first-order valence-corrected chi connectivity index (χ1v) is 10.2. The lowest BCUT2D eigenvalue weighted by atomic mass is 9.95. The molecule has 7 nitrogen and oxygen atoms in total. The Morgan fingerprint density at radius 1 is 1.00 bits per heavy atom. The molecule has 2 aliphatic rings. The molecule has 1 aliphatic carbocycles. The molecule has 3 rings (SSSR count). The monoisotopic (exact) mass is 389 g/mol. The highest BCUT2D eigenvalue weighted by atomic mass is 16.5. The van der Waals surface area contributed by atoms with Gasteiger partial charge in [0.05, 0.1) is 19.9 Å². The standard InChI is InChI=1S/C21H31N3O4/c1-27-17-8-9-19(28-2)18(14-17)23-20(25)15-10-12-24(13-11-15)21(26)22-16-6-4-3-5-7-16/h8-9,14-16H,3-7,10-13H2,1-2H3,(H,22,26)(H,23,25). The first kappa shape index (κ1) is 20.3. The third-order valence-electron chi connectivity index (χ3n) is 5.75. The number of rotatable bonds is 5. The van der Waals surface area contributed by atoms with E-state index in [0.29, 0.717) is 49.2 Å². The molecule has 1 aromatic carbocycles. The third-order valence-corrected chi connectivity index (χ3v) is 5.75. The van der Waals surface area contributed by atoms with E-state index in [4.69, 9.17) is 9.47 Å². The van der Waals surface area contributed by atoms with E-state index < -0.39 is 0 Å². The van der Waals surface area contributed by atoms with Crippen LogP contribution in [0.5, 0.6) is 11.5 Å². The maximum absolute atomic E-state index is 12.7. The van der Waals surface area contributed by atoms with Crippen LogP contribution in [-0.2, 0) is 4.79 Å². The Bertz CT molecular complexity index is 680. The van der Waals surface area contributed by atoms with Gasteiger partial charge < -0.3 is 25.0 Å². The van der Waals surface area contributed by atoms with Crippen LogP contribution < -0.4 is 20.1 Å². The number of carbonyl (C=O) groups is 2. The van der Waals surface area contributed by atoms with Gasteiger partial charge in [0, 0.05) is 31.1 Å². The average molecular weight is 389 g/mol. The molecule has 1 aliphatic heterocycles. The molecule has 0 spiro atoms. The summed E-state index contributed by atoms with van der Waals surface area (Å²) in [5, 5.41) is 6.11. The number of anilines is 1. The molecule has 7 heteroatoms. The van der Waals surface area contributed by atoms with E-state index in [1.54, 1.807) is 32.4 Å². The maximum Gasteiger partial charge on any atom is 0.317 e. The van der Waals surface area contributed by atoms with E-state index in [1.807, 2.05) is 4.90 Å². The Hall–Kier alpha value is -2.44. The van der Waals surface area contributed by atoms with Crippen molar-refractivity contribution in [1.82, 2.24) is 10.2 Å². The highest BCUT2D eigenvalue weighted by molar-refractivity contribution is 5.94. The van der Waals surface area contributed by atoms with Crippen molar-refractivity contribution >= 4 is 17.6 Å². The van der Waals surface area contributed by atoms with Gasteiger partial charge in [-0.2, -0.15) is 0 Å². The molecule has 0 aromatic heterocycles. The van der Waals surface area contributed by atoms with Crippen molar-refractivity contribution in [2.45, 2.75) is 51.0 Å². The number of likely N-dealkylation sites (tertiary alicyclic amines) is 1. The fourth-order valence-electron chi connectivity index (χ4n) is 4.00. The van der Waals surface area contributed by atoms with Crippen molar-refractivity contribution in [3.63, 3.8) is 0 Å². The van der Waals surface area contributed by atoms with E-state index >= 15 is 0 Å². The summed E-state index contributed by atoms with van der Waals surface area (Å²) in [5.41, 5.74) is 0.601. The second-order valence-electron chi connectivity index (χ2n) is 7.60. The van der Waals surface area contributed by atoms with Gasteiger partial charge in [-0.1, -0.05) is 19.3 Å². The SMILES string of the molecule is COc1ccc(OC)c(NC(=O)C2CCN(C(=O)NC3CCCCC3)CC2)c1. The van der Waals surface area contributed by atoms with Crippen molar-refractivity contribution in [2.75, 3.05) is 32.6 Å². The van der Waals surface area contributed by atoms with Crippen LogP contribution in [0.3, 0.4) is 0 Å². The van der Waals surface area contributed by atoms with Crippen LogP contribution in [-0.4, -0.2) is 50.2 Å². The molecule has 3 amide bonds. The summed E-state index contributed by atoms with van der Waals surface area (Å²) in [6.07, 6.45) is 7.14. The second kappa shape index (κ2) is 9.66. The van der Waals surface area contributed by atoms with E-state index in [9.17, 15) is 9.59 Å². The predicted molar refractivity (Wildman–Crippen MR) is 108 cm³/mol. The summed E-state index contributed by atoms with van der Waals surface area (Å²) in [4.78, 5) is 27.0. The number of hydrogen-bond acceptors (Lipinski definition) is 4. The number of nitrogens with one attached hydrogen (secondary N) is 2. The predicted octanol–water partition coefficient (Wildman–Crippen LogP) is 3.40. The minimum absolute atomic E-state index is 0.0141. The van der Waals surface area contributed by atoms with Gasteiger partial charge in [0.2, 0.25) is 5.91 Å². The van der Waals surface area contributed by atoms with Crippen LogP contribution >= 0.6 is 0 Å². The number of carbonyl (C=O) groups excluding carboxylic acids is 2. The van der Waals surface area contributed by atoms with Crippen LogP contribution in [0.15, 0.2) is 18.2 Å². The molecule has 1 saturated carbocycles. The smallest absolute Gasteiger partial charge is 0.317 e. The van der Waals surface area contributed by atoms with Crippen molar-refractivity contribution in [2.24, 2.45) is 5.92 Å². The van der Waals surface area contributed by atoms with E-state index in [2.05, 4.69) is 10.6 Å². The number of methoxy groups -OCH3 is 2. The Morgan fingerprint density at radius 3 is 2.36 bits per heavy atom. The normalized spacial score (nSPS) is 18.4. The van der Waals surface area contributed by atoms with Gasteiger partial charge in [-0.15, -0.1) is 0 Å². The molecule has 154 valence electrons. The average Bonchev–Trinajstić information content (AvgIpc) is 2.74. The zero-order valence-electron chi connectivity index (χ0n) is 16.8. The fraction of sp³-hybridized carbons (Fsp3) is 0.619. The molecule has 1 saturated heterocycles. The molecule has 1 aromatic rings. The number of amides is 3. The van der Waals surface area contributed by atoms with E-state index in [-0.39, 0.29) is 17.9 Å². The summed E-state index contributed by atoms with van der Waals surface area (Å²) >= 11 is 0. The minimum atomic E-state index is -0.116. The number of urea groups is 1. The molecule has 2 N–H and O–H groups in total. The Morgan fingerprint density at radius 2 is 1.71 bits per heavy atom. The lowest BCUT2D eigenvalue weighted by Crippen LogP contribution is -2.49. The number of hydrogen-bond donors (Lipinski definition) is 2. The zero-order valence-corrected chi connectivity index (χ0v) is 16.8. The fourth-order valence-corrected chi connectivity index (χ4v) is 4.00. The molecule has 0 unspecified atom stereocenters. The quantitative estimate of drug-likeness (QED) is 0.809. The van der Waals surface area contributed by atoms with Gasteiger partial charge in [0.15, 0.2) is 0 Å². The van der Waals surface area contributed by atoms with Gasteiger partial charge in [-0.3, -0.25) is 4.79 Å². The minimum Gasteiger partial charge on any atom is -0.497 e. The molecule has 0 atom stereocenters. The van der Waals surface area contributed by atoms with Crippen LogP contribution in [0.2, 0.25) is 0 Å². The highest BCUT2D eigenvalue weighted by Crippen LogP contribution is 2.30. The van der Waals surface area contributed by atoms with Gasteiger partial charge in [0.25, 0.3) is 0 Å². The van der Waals surface area contributed by atoms with Crippen molar-refractivity contribution in [3.05, 3.63) is 18.2 Å². The number of nitrogens with zero attached hydrogens (tertiary/aromatic N) is 1. The number of benzene rings is 1. The molecule has 2 fully saturated rings. The largest absolute Gasteiger partial charge is 0.497 e. The Kier molecular flexibility index (Phi) is 7.01. The molecule has 0 radical (unpaired) electrons. The second-order valence-corrected chi connectivity index (χ2v) is 7.60. The Labute approximate surface area is 166 Å². The number of ether oxygens (including phenoxy) is 2. The Balaban J connectivity index is 1.50. The van der Waals surface area contributed by atoms with Gasteiger partial charge >= 0.3 is 6.03 Å². The van der Waals surface area contributed by atoms with Crippen LogP contribution in [0.4, 0.5) is 10.5 Å². The molecule has 28 heavy (non-hydrogen) atoms. The van der Waals surface area contributed by atoms with Gasteiger partial charge in [-0.25, -0.2) is 4.79 Å². The van der Waals surface area contributed by atoms with Crippen LogP contribution in [0, 0.1) is 5.92 Å². The molecule has 0 bridgehead atoms. The lowest BCUT2D eigenvalue weighted by Gasteiger charge is -2.33. The van der Waals surface area contributed by atoms with Crippen molar-refractivity contribution in [1.29, 1.82) is 0 Å². The van der Waals surface area contributed by atoms with E-state index in [0.717, 1.165) is 12.8 Å². The third kappa shape index (κ3) is 5.09. The van der Waals surface area contributed by atoms with E-state index in [1.165, 1.54) is 19.3 Å². The summed E-state index contributed by atoms with van der Waals surface area (Å²) in [7, 11) is 3.16. The first-order valence-electron chi connectivity index (χ1n) is 10.2. The topological polar surface area (TPSA) is 79.9 Å². The molecule has 1 heterocycles. The van der Waals surface area contributed by atoms with Crippen molar-refractivity contribution < 1.29 is 19.1 Å². The lowest BCUT2D eigenvalue weighted by molar-refractivity contribution is -0.121. The highest BCUT2D eigenvalue weighted by Gasteiger charge is 2.29. The summed E-state index contributed by atoms with van der Waals surface area (Å²) in [6.45, 7) is 1.21. The summed E-state index contributed by atoms with van der Waals surface area (Å²) < 4.78 is 10.5.